The summed E-state index contributed by atoms with van der Waals surface area (Å²) in [7, 11) is 0. The normalized spacial score (nSPS) is 20.5. The first-order valence-corrected chi connectivity index (χ1v) is 5.06. The van der Waals surface area contributed by atoms with Gasteiger partial charge < -0.3 is 15.2 Å². The number of aromatic nitrogens is 2. The Balaban J connectivity index is 1.80. The SMILES string of the molecule is Cc1noc(CNC(=O)C2CCCN2)n1. The summed E-state index contributed by atoms with van der Waals surface area (Å²) in [5.74, 6) is 1.03. The third-order valence-electron chi connectivity index (χ3n) is 2.36. The van der Waals surface area contributed by atoms with E-state index in [-0.39, 0.29) is 11.9 Å². The van der Waals surface area contributed by atoms with Gasteiger partial charge in [-0.15, -0.1) is 0 Å². The fourth-order valence-electron chi connectivity index (χ4n) is 1.61. The molecule has 0 radical (unpaired) electrons. The number of aryl methyl sites for hydroxylation is 1. The van der Waals surface area contributed by atoms with E-state index in [2.05, 4.69) is 20.8 Å². The van der Waals surface area contributed by atoms with Crippen LogP contribution in [0.4, 0.5) is 0 Å². The van der Waals surface area contributed by atoms with E-state index in [4.69, 9.17) is 4.52 Å². The molecule has 15 heavy (non-hydrogen) atoms. The third kappa shape index (κ3) is 2.53. The topological polar surface area (TPSA) is 80.0 Å². The van der Waals surface area contributed by atoms with Crippen LogP contribution >= 0.6 is 0 Å². The van der Waals surface area contributed by atoms with Gasteiger partial charge in [0.25, 0.3) is 0 Å². The van der Waals surface area contributed by atoms with E-state index in [0.29, 0.717) is 18.3 Å². The predicted molar refractivity (Wildman–Crippen MR) is 51.9 cm³/mol. The summed E-state index contributed by atoms with van der Waals surface area (Å²) in [6.45, 7) is 2.96. The first-order valence-electron chi connectivity index (χ1n) is 5.06. The van der Waals surface area contributed by atoms with Crippen molar-refractivity contribution in [3.8, 4) is 0 Å². The molecule has 82 valence electrons. The molecule has 1 aromatic heterocycles. The molecular weight excluding hydrogens is 196 g/mol. The fourth-order valence-corrected chi connectivity index (χ4v) is 1.61. The van der Waals surface area contributed by atoms with Gasteiger partial charge in [-0.25, -0.2) is 0 Å². The van der Waals surface area contributed by atoms with E-state index >= 15 is 0 Å². The highest BCUT2D eigenvalue weighted by Crippen LogP contribution is 2.04. The molecule has 1 aromatic rings. The zero-order valence-electron chi connectivity index (χ0n) is 8.62. The smallest absolute Gasteiger partial charge is 0.246 e. The Kier molecular flexibility index (Phi) is 2.96. The average Bonchev–Trinajstić information content (AvgIpc) is 2.84. The number of carbonyl (C=O) groups excluding carboxylic acids is 1. The number of nitrogens with zero attached hydrogens (tertiary/aromatic N) is 2. The Hall–Kier alpha value is -1.43. The maximum atomic E-state index is 11.6. The van der Waals surface area contributed by atoms with Crippen molar-refractivity contribution < 1.29 is 9.32 Å². The molecule has 2 rings (SSSR count). The molecule has 0 aromatic carbocycles. The highest BCUT2D eigenvalue weighted by Gasteiger charge is 2.21. The molecule has 0 saturated carbocycles. The standard InChI is InChI=1S/C9H14N4O2/c1-6-12-8(15-13-6)5-11-9(14)7-3-2-4-10-7/h7,10H,2-5H2,1H3,(H,11,14). The van der Waals surface area contributed by atoms with Crippen LogP contribution in [0.1, 0.15) is 24.6 Å². The quantitative estimate of drug-likeness (QED) is 0.719. The Morgan fingerprint density at radius 2 is 2.60 bits per heavy atom. The molecule has 0 spiro atoms. The van der Waals surface area contributed by atoms with Crippen molar-refractivity contribution in [2.45, 2.75) is 32.4 Å². The van der Waals surface area contributed by atoms with Crippen molar-refractivity contribution in [2.24, 2.45) is 0 Å². The third-order valence-corrected chi connectivity index (χ3v) is 2.36. The molecule has 1 fully saturated rings. The van der Waals surface area contributed by atoms with Crippen LogP contribution in [0.2, 0.25) is 0 Å². The van der Waals surface area contributed by atoms with Crippen molar-refractivity contribution in [1.82, 2.24) is 20.8 Å². The molecule has 1 saturated heterocycles. The van der Waals surface area contributed by atoms with E-state index in [0.717, 1.165) is 19.4 Å². The zero-order chi connectivity index (χ0) is 10.7. The van der Waals surface area contributed by atoms with Crippen LogP contribution in [-0.2, 0) is 11.3 Å². The summed E-state index contributed by atoms with van der Waals surface area (Å²) in [5.41, 5.74) is 0. The molecule has 2 N–H and O–H groups in total. The minimum absolute atomic E-state index is 0.00310. The lowest BCUT2D eigenvalue weighted by molar-refractivity contribution is -0.123. The van der Waals surface area contributed by atoms with Gasteiger partial charge in [0.15, 0.2) is 5.82 Å². The fraction of sp³-hybridized carbons (Fsp3) is 0.667. The lowest BCUT2D eigenvalue weighted by Crippen LogP contribution is -2.40. The second-order valence-electron chi connectivity index (χ2n) is 3.60. The summed E-state index contributed by atoms with van der Waals surface area (Å²) in [6, 6.07) is -0.0611. The number of rotatable bonds is 3. The molecule has 0 bridgehead atoms. The van der Waals surface area contributed by atoms with Crippen molar-refractivity contribution in [2.75, 3.05) is 6.54 Å². The van der Waals surface area contributed by atoms with Gasteiger partial charge in [-0.3, -0.25) is 4.79 Å². The predicted octanol–water partition coefficient (Wildman–Crippen LogP) is -0.254. The van der Waals surface area contributed by atoms with E-state index in [1.807, 2.05) is 0 Å². The summed E-state index contributed by atoms with van der Waals surface area (Å²) < 4.78 is 4.88. The van der Waals surface area contributed by atoms with E-state index in [9.17, 15) is 4.79 Å². The molecule has 1 amide bonds. The maximum Gasteiger partial charge on any atom is 0.246 e. The Morgan fingerprint density at radius 3 is 3.20 bits per heavy atom. The summed E-state index contributed by atoms with van der Waals surface area (Å²) in [5, 5.41) is 9.51. The van der Waals surface area contributed by atoms with Crippen LogP contribution in [-0.4, -0.2) is 28.6 Å². The zero-order valence-corrected chi connectivity index (χ0v) is 8.62. The van der Waals surface area contributed by atoms with Gasteiger partial charge in [0.2, 0.25) is 11.8 Å². The van der Waals surface area contributed by atoms with E-state index in [1.54, 1.807) is 6.92 Å². The van der Waals surface area contributed by atoms with Crippen LogP contribution in [0.5, 0.6) is 0 Å². The van der Waals surface area contributed by atoms with Crippen molar-refractivity contribution >= 4 is 5.91 Å². The second-order valence-corrected chi connectivity index (χ2v) is 3.60. The lowest BCUT2D eigenvalue weighted by Gasteiger charge is -2.08. The Bertz CT molecular complexity index is 344. The van der Waals surface area contributed by atoms with E-state index in [1.165, 1.54) is 0 Å². The molecule has 1 aliphatic heterocycles. The molecule has 2 heterocycles. The van der Waals surface area contributed by atoms with Gasteiger partial charge in [-0.05, 0) is 26.3 Å². The van der Waals surface area contributed by atoms with Gasteiger partial charge in [-0.2, -0.15) is 4.98 Å². The lowest BCUT2D eigenvalue weighted by atomic mass is 10.2. The molecule has 1 atom stereocenters. The summed E-state index contributed by atoms with van der Waals surface area (Å²) >= 11 is 0. The molecule has 0 aliphatic carbocycles. The largest absolute Gasteiger partial charge is 0.346 e. The monoisotopic (exact) mass is 210 g/mol. The number of nitrogens with one attached hydrogen (secondary N) is 2. The maximum absolute atomic E-state index is 11.6. The average molecular weight is 210 g/mol. The number of hydrogen-bond donors (Lipinski definition) is 2. The Morgan fingerprint density at radius 1 is 1.73 bits per heavy atom. The van der Waals surface area contributed by atoms with Crippen LogP contribution in [0.25, 0.3) is 0 Å². The van der Waals surface area contributed by atoms with Crippen molar-refractivity contribution in [3.63, 3.8) is 0 Å². The highest BCUT2D eigenvalue weighted by molar-refractivity contribution is 5.81. The summed E-state index contributed by atoms with van der Waals surface area (Å²) in [4.78, 5) is 15.6. The van der Waals surface area contributed by atoms with Crippen LogP contribution in [0, 0.1) is 6.92 Å². The van der Waals surface area contributed by atoms with Gasteiger partial charge >= 0.3 is 0 Å². The van der Waals surface area contributed by atoms with Gasteiger partial charge in [0, 0.05) is 0 Å². The van der Waals surface area contributed by atoms with Crippen molar-refractivity contribution in [3.05, 3.63) is 11.7 Å². The van der Waals surface area contributed by atoms with Gasteiger partial charge in [0.05, 0.1) is 12.6 Å². The van der Waals surface area contributed by atoms with Crippen LogP contribution in [0.15, 0.2) is 4.52 Å². The molecule has 1 aliphatic rings. The molecule has 1 unspecified atom stereocenters. The first-order chi connectivity index (χ1) is 7.25. The number of amides is 1. The molecular formula is C9H14N4O2. The summed E-state index contributed by atoms with van der Waals surface area (Å²) in [6.07, 6.45) is 1.95. The first kappa shape index (κ1) is 10.1. The van der Waals surface area contributed by atoms with Crippen LogP contribution in [0.3, 0.4) is 0 Å². The minimum atomic E-state index is -0.0611. The van der Waals surface area contributed by atoms with Crippen molar-refractivity contribution in [1.29, 1.82) is 0 Å². The second kappa shape index (κ2) is 4.39. The molecule has 6 heteroatoms. The Labute approximate surface area is 87.4 Å². The van der Waals surface area contributed by atoms with E-state index < -0.39 is 0 Å². The minimum Gasteiger partial charge on any atom is -0.346 e. The highest BCUT2D eigenvalue weighted by atomic mass is 16.5. The van der Waals surface area contributed by atoms with Gasteiger partial charge in [-0.1, -0.05) is 5.16 Å². The van der Waals surface area contributed by atoms with Gasteiger partial charge in [0.1, 0.15) is 0 Å². The molecule has 6 nitrogen and oxygen atoms in total. The number of carbonyl (C=O) groups is 1. The number of hydrogen-bond acceptors (Lipinski definition) is 5. The van der Waals surface area contributed by atoms with Crippen LogP contribution < -0.4 is 10.6 Å².